The van der Waals surface area contributed by atoms with E-state index < -0.39 is 23.2 Å². The molecule has 0 aromatic heterocycles. The van der Waals surface area contributed by atoms with E-state index in [2.05, 4.69) is 0 Å². The van der Waals surface area contributed by atoms with Gasteiger partial charge in [-0.3, -0.25) is 9.69 Å². The number of nitrogens with zero attached hydrogens (tertiary/aromatic N) is 1. The van der Waals surface area contributed by atoms with Crippen LogP contribution in [-0.2, 0) is 14.3 Å². The summed E-state index contributed by atoms with van der Waals surface area (Å²) >= 11 is 1.45. The molecule has 2 aliphatic heterocycles. The number of amides is 1. The van der Waals surface area contributed by atoms with Crippen LogP contribution >= 0.6 is 11.8 Å². The second-order valence-electron chi connectivity index (χ2n) is 7.09. The second-order valence-corrected chi connectivity index (χ2v) is 8.80. The highest BCUT2D eigenvalue weighted by Crippen LogP contribution is 2.51. The molecule has 1 amide bonds. The number of ether oxygens (including phenoxy) is 2. The highest BCUT2D eigenvalue weighted by molar-refractivity contribution is 8.01. The summed E-state index contributed by atoms with van der Waals surface area (Å²) in [6, 6.07) is 18.8. The molecule has 6 nitrogen and oxygen atoms in total. The Labute approximate surface area is 167 Å². The van der Waals surface area contributed by atoms with Crippen LogP contribution in [0.15, 0.2) is 60.7 Å². The van der Waals surface area contributed by atoms with Crippen molar-refractivity contribution in [1.82, 2.24) is 4.90 Å². The number of hydrogen-bond donors (Lipinski definition) is 1. The SMILES string of the molecule is C[C@]1(CO)S[C@@H]2CC(=O)N2[C@H]1OC(=O)OC(c1ccccc1)c1ccccc1. The Bertz CT molecular complexity index is 822. The lowest BCUT2D eigenvalue weighted by atomic mass is 10.0. The molecule has 0 saturated carbocycles. The van der Waals surface area contributed by atoms with Crippen LogP contribution in [0.4, 0.5) is 4.79 Å². The third kappa shape index (κ3) is 3.36. The number of rotatable bonds is 5. The van der Waals surface area contributed by atoms with Gasteiger partial charge in [0.1, 0.15) is 0 Å². The molecule has 7 heteroatoms. The first-order chi connectivity index (χ1) is 13.5. The summed E-state index contributed by atoms with van der Waals surface area (Å²) in [6.45, 7) is 1.57. The fourth-order valence-corrected chi connectivity index (χ4v) is 5.08. The summed E-state index contributed by atoms with van der Waals surface area (Å²) in [5.41, 5.74) is 1.63. The highest BCUT2D eigenvalue weighted by atomic mass is 32.2. The fourth-order valence-electron chi connectivity index (χ4n) is 3.54. The Morgan fingerprint density at radius 2 is 1.75 bits per heavy atom. The third-order valence-corrected chi connectivity index (χ3v) is 6.60. The topological polar surface area (TPSA) is 76.1 Å². The van der Waals surface area contributed by atoms with E-state index in [1.165, 1.54) is 16.7 Å². The van der Waals surface area contributed by atoms with Gasteiger partial charge < -0.3 is 14.6 Å². The number of aliphatic hydroxyl groups is 1. The van der Waals surface area contributed by atoms with Gasteiger partial charge in [0.2, 0.25) is 5.91 Å². The molecule has 2 aliphatic rings. The lowest BCUT2D eigenvalue weighted by Gasteiger charge is -2.38. The number of benzene rings is 2. The quantitative estimate of drug-likeness (QED) is 0.614. The fraction of sp³-hybridized carbons (Fsp3) is 0.333. The number of aliphatic hydroxyl groups excluding tert-OH is 1. The van der Waals surface area contributed by atoms with E-state index in [9.17, 15) is 14.7 Å². The summed E-state index contributed by atoms with van der Waals surface area (Å²) < 4.78 is 10.5. The van der Waals surface area contributed by atoms with E-state index in [-0.39, 0.29) is 17.9 Å². The number of carbonyl (C=O) groups is 2. The average molecular weight is 399 g/mol. The molecule has 146 valence electrons. The van der Waals surface area contributed by atoms with Crippen molar-refractivity contribution in [2.24, 2.45) is 0 Å². The zero-order chi connectivity index (χ0) is 19.7. The molecule has 2 saturated heterocycles. The number of hydrogen-bond acceptors (Lipinski definition) is 6. The maximum atomic E-state index is 12.7. The first-order valence-corrected chi connectivity index (χ1v) is 9.97. The number of β-lactam (4-membered cyclic amide) rings is 1. The monoisotopic (exact) mass is 399 g/mol. The van der Waals surface area contributed by atoms with Crippen molar-refractivity contribution in [2.75, 3.05) is 6.61 Å². The first kappa shape index (κ1) is 18.8. The van der Waals surface area contributed by atoms with Crippen LogP contribution < -0.4 is 0 Å². The summed E-state index contributed by atoms with van der Waals surface area (Å²) in [4.78, 5) is 26.2. The van der Waals surface area contributed by atoms with Crippen LogP contribution in [0.2, 0.25) is 0 Å². The lowest BCUT2D eigenvalue weighted by molar-refractivity contribution is -0.159. The van der Waals surface area contributed by atoms with Crippen molar-refractivity contribution >= 4 is 23.8 Å². The van der Waals surface area contributed by atoms with Gasteiger partial charge in [0.25, 0.3) is 0 Å². The minimum Gasteiger partial charge on any atom is -0.421 e. The molecule has 0 radical (unpaired) electrons. The Balaban J connectivity index is 1.54. The predicted octanol–water partition coefficient (Wildman–Crippen LogP) is 3.31. The number of thioether (sulfide) groups is 1. The van der Waals surface area contributed by atoms with Crippen molar-refractivity contribution in [1.29, 1.82) is 0 Å². The summed E-state index contributed by atoms with van der Waals surface area (Å²) in [6.07, 6.45) is -1.96. The second kappa shape index (κ2) is 7.48. The van der Waals surface area contributed by atoms with E-state index >= 15 is 0 Å². The maximum Gasteiger partial charge on any atom is 0.511 e. The van der Waals surface area contributed by atoms with E-state index in [1.807, 2.05) is 60.7 Å². The largest absolute Gasteiger partial charge is 0.511 e. The lowest BCUT2D eigenvalue weighted by Crippen LogP contribution is -2.56. The molecule has 3 atom stereocenters. The van der Waals surface area contributed by atoms with E-state index in [1.54, 1.807) is 6.92 Å². The van der Waals surface area contributed by atoms with Gasteiger partial charge in [-0.25, -0.2) is 4.79 Å². The van der Waals surface area contributed by atoms with Crippen LogP contribution in [0.25, 0.3) is 0 Å². The molecular formula is C21H21NO5S. The van der Waals surface area contributed by atoms with Gasteiger partial charge in [0, 0.05) is 0 Å². The normalized spacial score (nSPS) is 26.0. The van der Waals surface area contributed by atoms with Gasteiger partial charge in [-0.1, -0.05) is 60.7 Å². The number of fused-ring (bicyclic) bond motifs is 1. The molecule has 2 fully saturated rings. The molecular weight excluding hydrogens is 378 g/mol. The number of carbonyl (C=O) groups excluding carboxylic acids is 2. The average Bonchev–Trinajstić information content (AvgIpc) is 2.94. The Morgan fingerprint density at radius 1 is 1.18 bits per heavy atom. The molecule has 1 N–H and O–H groups in total. The van der Waals surface area contributed by atoms with Crippen molar-refractivity contribution in [3.63, 3.8) is 0 Å². The molecule has 2 aromatic carbocycles. The molecule has 4 rings (SSSR count). The Morgan fingerprint density at radius 3 is 2.25 bits per heavy atom. The smallest absolute Gasteiger partial charge is 0.421 e. The van der Waals surface area contributed by atoms with Crippen molar-refractivity contribution in [3.8, 4) is 0 Å². The molecule has 0 spiro atoms. The van der Waals surface area contributed by atoms with Gasteiger partial charge in [0.15, 0.2) is 12.3 Å². The molecule has 28 heavy (non-hydrogen) atoms. The first-order valence-electron chi connectivity index (χ1n) is 9.09. The predicted molar refractivity (Wildman–Crippen MR) is 104 cm³/mol. The Kier molecular flexibility index (Phi) is 5.03. The van der Waals surface area contributed by atoms with Crippen LogP contribution in [-0.4, -0.2) is 45.0 Å². The van der Waals surface area contributed by atoms with Gasteiger partial charge in [-0.2, -0.15) is 0 Å². The van der Waals surface area contributed by atoms with Crippen LogP contribution in [0.5, 0.6) is 0 Å². The zero-order valence-electron chi connectivity index (χ0n) is 15.4. The summed E-state index contributed by atoms with van der Waals surface area (Å²) in [5, 5.41) is 9.74. The van der Waals surface area contributed by atoms with Crippen LogP contribution in [0, 0.1) is 0 Å². The Hall–Kier alpha value is -2.51. The zero-order valence-corrected chi connectivity index (χ0v) is 16.2. The minimum absolute atomic E-state index is 0.0681. The molecule has 0 bridgehead atoms. The molecule has 2 heterocycles. The minimum atomic E-state index is -0.872. The van der Waals surface area contributed by atoms with Crippen molar-refractivity contribution in [2.45, 2.75) is 35.8 Å². The molecule has 0 unspecified atom stereocenters. The molecule has 2 aromatic rings. The standard InChI is InChI=1S/C21H21NO5S/c1-21(13-23)19(22-16(24)12-17(22)28-21)27-20(25)26-18(14-8-4-2-5-9-14)15-10-6-3-7-11-15/h2-11,17-19,23H,12-13H2,1H3/t17-,19+,21-/m1/s1. The van der Waals surface area contributed by atoms with Crippen molar-refractivity contribution < 1.29 is 24.2 Å². The van der Waals surface area contributed by atoms with Crippen LogP contribution in [0.1, 0.15) is 30.6 Å². The van der Waals surface area contributed by atoms with E-state index in [0.717, 1.165) is 11.1 Å². The van der Waals surface area contributed by atoms with Gasteiger partial charge >= 0.3 is 6.16 Å². The highest BCUT2D eigenvalue weighted by Gasteiger charge is 2.59. The van der Waals surface area contributed by atoms with Crippen LogP contribution in [0.3, 0.4) is 0 Å². The van der Waals surface area contributed by atoms with Gasteiger partial charge in [0.05, 0.1) is 23.1 Å². The van der Waals surface area contributed by atoms with E-state index in [4.69, 9.17) is 9.47 Å². The summed E-state index contributed by atoms with van der Waals surface area (Å²) in [7, 11) is 0. The maximum absolute atomic E-state index is 12.7. The van der Waals surface area contributed by atoms with Crippen molar-refractivity contribution in [3.05, 3.63) is 71.8 Å². The van der Waals surface area contributed by atoms with E-state index in [0.29, 0.717) is 6.42 Å². The van der Waals surface area contributed by atoms with Gasteiger partial charge in [-0.05, 0) is 18.1 Å². The molecule has 0 aliphatic carbocycles. The third-order valence-electron chi connectivity index (χ3n) is 5.07. The summed E-state index contributed by atoms with van der Waals surface area (Å²) in [5.74, 6) is -0.0878. The van der Waals surface area contributed by atoms with Gasteiger partial charge in [-0.15, -0.1) is 11.8 Å².